The molecular formula is C8H10N2. The largest absolute Gasteiger partial charge is 0.276 e. The fraction of sp³-hybridized carbons (Fsp3) is 0.375. The Morgan fingerprint density at radius 3 is 2.90 bits per heavy atom. The molecule has 1 unspecified atom stereocenters. The molecule has 1 heterocycles. The van der Waals surface area contributed by atoms with Gasteiger partial charge < -0.3 is 0 Å². The van der Waals surface area contributed by atoms with Crippen LogP contribution < -0.4 is 0 Å². The van der Waals surface area contributed by atoms with E-state index in [4.69, 9.17) is 6.42 Å². The van der Waals surface area contributed by atoms with Crippen molar-refractivity contribution in [2.75, 3.05) is 0 Å². The highest BCUT2D eigenvalue weighted by Crippen LogP contribution is 2.09. The summed E-state index contributed by atoms with van der Waals surface area (Å²) in [5.41, 5.74) is 0.963. The molecule has 2 nitrogen and oxygen atoms in total. The highest BCUT2D eigenvalue weighted by molar-refractivity contribution is 5.15. The first-order valence-electron chi connectivity index (χ1n) is 3.19. The van der Waals surface area contributed by atoms with E-state index in [1.165, 1.54) is 0 Å². The lowest BCUT2D eigenvalue weighted by Gasteiger charge is -1.95. The summed E-state index contributed by atoms with van der Waals surface area (Å²) >= 11 is 0. The van der Waals surface area contributed by atoms with Gasteiger partial charge >= 0.3 is 0 Å². The third-order valence-corrected chi connectivity index (χ3v) is 1.43. The van der Waals surface area contributed by atoms with Gasteiger partial charge in [0.15, 0.2) is 0 Å². The van der Waals surface area contributed by atoms with Crippen LogP contribution in [0, 0.1) is 12.3 Å². The minimum absolute atomic E-state index is 0.126. The van der Waals surface area contributed by atoms with E-state index in [0.717, 1.165) is 5.69 Å². The van der Waals surface area contributed by atoms with E-state index in [1.54, 1.807) is 4.68 Å². The Labute approximate surface area is 60.9 Å². The average Bonchev–Trinajstić information content (AvgIpc) is 2.34. The van der Waals surface area contributed by atoms with Crippen molar-refractivity contribution in [3.63, 3.8) is 0 Å². The molecule has 0 aromatic carbocycles. The summed E-state index contributed by atoms with van der Waals surface area (Å²) in [5.74, 6) is 2.74. The van der Waals surface area contributed by atoms with Crippen molar-refractivity contribution >= 4 is 0 Å². The Morgan fingerprint density at radius 2 is 2.50 bits per heavy atom. The predicted octanol–water partition coefficient (Wildman–Crippen LogP) is 1.16. The van der Waals surface area contributed by atoms with E-state index < -0.39 is 0 Å². The molecule has 0 radical (unpaired) electrons. The number of aromatic nitrogens is 2. The molecule has 0 aliphatic rings. The van der Waals surface area contributed by atoms with Crippen molar-refractivity contribution in [2.24, 2.45) is 7.05 Å². The van der Waals surface area contributed by atoms with Crippen LogP contribution in [-0.2, 0) is 7.05 Å². The van der Waals surface area contributed by atoms with Crippen LogP contribution in [0.1, 0.15) is 18.5 Å². The molecule has 0 bridgehead atoms. The number of terminal acetylenes is 1. The van der Waals surface area contributed by atoms with Crippen LogP contribution in [0.4, 0.5) is 0 Å². The van der Waals surface area contributed by atoms with Gasteiger partial charge in [-0.2, -0.15) is 5.10 Å². The maximum absolute atomic E-state index is 5.21. The number of aryl methyl sites for hydroxylation is 1. The van der Waals surface area contributed by atoms with Gasteiger partial charge in [-0.15, -0.1) is 6.42 Å². The standard InChI is InChI=1S/C8H10N2/c1-4-7(2)8-5-6-10(3)9-8/h1,5-7H,2-3H3. The smallest absolute Gasteiger partial charge is 0.0771 e. The summed E-state index contributed by atoms with van der Waals surface area (Å²) in [5, 5.41) is 4.16. The Bertz CT molecular complexity index is 254. The molecule has 0 fully saturated rings. The summed E-state index contributed by atoms with van der Waals surface area (Å²) < 4.78 is 1.75. The molecule has 0 spiro atoms. The van der Waals surface area contributed by atoms with Crippen molar-refractivity contribution in [1.82, 2.24) is 9.78 Å². The van der Waals surface area contributed by atoms with Crippen molar-refractivity contribution < 1.29 is 0 Å². The van der Waals surface area contributed by atoms with Crippen molar-refractivity contribution in [3.8, 4) is 12.3 Å². The Kier molecular flexibility index (Phi) is 1.77. The summed E-state index contributed by atoms with van der Waals surface area (Å²) in [6.07, 6.45) is 7.11. The molecule has 0 amide bonds. The minimum atomic E-state index is 0.126. The minimum Gasteiger partial charge on any atom is -0.276 e. The molecule has 1 atom stereocenters. The van der Waals surface area contributed by atoms with Gasteiger partial charge in [0.2, 0.25) is 0 Å². The van der Waals surface area contributed by atoms with E-state index in [9.17, 15) is 0 Å². The van der Waals surface area contributed by atoms with E-state index in [2.05, 4.69) is 11.0 Å². The van der Waals surface area contributed by atoms with E-state index in [0.29, 0.717) is 0 Å². The first kappa shape index (κ1) is 6.88. The van der Waals surface area contributed by atoms with Crippen molar-refractivity contribution in [1.29, 1.82) is 0 Å². The van der Waals surface area contributed by atoms with Gasteiger partial charge in [-0.05, 0) is 13.0 Å². The van der Waals surface area contributed by atoms with E-state index in [1.807, 2.05) is 26.2 Å². The van der Waals surface area contributed by atoms with Crippen LogP contribution in [0.15, 0.2) is 12.3 Å². The van der Waals surface area contributed by atoms with Gasteiger partial charge in [0.1, 0.15) is 0 Å². The molecule has 1 aromatic rings. The first-order valence-corrected chi connectivity index (χ1v) is 3.19. The quantitative estimate of drug-likeness (QED) is 0.527. The Balaban J connectivity index is 2.87. The van der Waals surface area contributed by atoms with Crippen LogP contribution in [0.25, 0.3) is 0 Å². The summed E-state index contributed by atoms with van der Waals surface area (Å²) in [4.78, 5) is 0. The second kappa shape index (κ2) is 2.57. The molecule has 52 valence electrons. The molecule has 0 N–H and O–H groups in total. The molecular weight excluding hydrogens is 124 g/mol. The molecule has 0 aliphatic carbocycles. The van der Waals surface area contributed by atoms with Gasteiger partial charge in [-0.25, -0.2) is 0 Å². The molecule has 0 saturated heterocycles. The first-order chi connectivity index (χ1) is 4.74. The Hall–Kier alpha value is -1.23. The van der Waals surface area contributed by atoms with Gasteiger partial charge in [0, 0.05) is 13.2 Å². The molecule has 0 saturated carbocycles. The summed E-state index contributed by atoms with van der Waals surface area (Å²) in [6.45, 7) is 1.96. The van der Waals surface area contributed by atoms with Gasteiger partial charge in [0.25, 0.3) is 0 Å². The molecule has 1 aromatic heterocycles. The lowest BCUT2D eigenvalue weighted by atomic mass is 10.1. The predicted molar refractivity (Wildman–Crippen MR) is 40.5 cm³/mol. The highest BCUT2D eigenvalue weighted by atomic mass is 15.2. The second-order valence-corrected chi connectivity index (χ2v) is 2.30. The summed E-state index contributed by atoms with van der Waals surface area (Å²) in [7, 11) is 1.88. The molecule has 10 heavy (non-hydrogen) atoms. The number of rotatable bonds is 1. The fourth-order valence-corrected chi connectivity index (χ4v) is 0.749. The zero-order valence-electron chi connectivity index (χ0n) is 6.20. The van der Waals surface area contributed by atoms with Crippen LogP contribution in [0.3, 0.4) is 0 Å². The van der Waals surface area contributed by atoms with Gasteiger partial charge in [0.05, 0.1) is 11.6 Å². The van der Waals surface area contributed by atoms with E-state index >= 15 is 0 Å². The third-order valence-electron chi connectivity index (χ3n) is 1.43. The number of hydrogen-bond donors (Lipinski definition) is 0. The Morgan fingerprint density at radius 1 is 1.80 bits per heavy atom. The maximum Gasteiger partial charge on any atom is 0.0771 e. The van der Waals surface area contributed by atoms with E-state index in [-0.39, 0.29) is 5.92 Å². The highest BCUT2D eigenvalue weighted by Gasteiger charge is 2.02. The lowest BCUT2D eigenvalue weighted by Crippen LogP contribution is -1.93. The van der Waals surface area contributed by atoms with Crippen LogP contribution >= 0.6 is 0 Å². The topological polar surface area (TPSA) is 17.8 Å². The maximum atomic E-state index is 5.21. The van der Waals surface area contributed by atoms with Crippen molar-refractivity contribution in [3.05, 3.63) is 18.0 Å². The van der Waals surface area contributed by atoms with Gasteiger partial charge in [-0.3, -0.25) is 4.68 Å². The molecule has 0 aliphatic heterocycles. The van der Waals surface area contributed by atoms with Crippen molar-refractivity contribution in [2.45, 2.75) is 12.8 Å². The number of nitrogens with zero attached hydrogens (tertiary/aromatic N) is 2. The lowest BCUT2D eigenvalue weighted by molar-refractivity contribution is 0.735. The third kappa shape index (κ3) is 1.19. The van der Waals surface area contributed by atoms with Crippen LogP contribution in [-0.4, -0.2) is 9.78 Å². The van der Waals surface area contributed by atoms with Crippen LogP contribution in [0.2, 0.25) is 0 Å². The average molecular weight is 134 g/mol. The zero-order valence-corrected chi connectivity index (χ0v) is 6.20. The normalized spacial score (nSPS) is 12.5. The SMILES string of the molecule is C#CC(C)c1ccn(C)n1. The van der Waals surface area contributed by atoms with Gasteiger partial charge in [-0.1, -0.05) is 5.92 Å². The van der Waals surface area contributed by atoms with Crippen LogP contribution in [0.5, 0.6) is 0 Å². The summed E-state index contributed by atoms with van der Waals surface area (Å²) in [6, 6.07) is 1.94. The second-order valence-electron chi connectivity index (χ2n) is 2.30. The molecule has 2 heteroatoms. The number of hydrogen-bond acceptors (Lipinski definition) is 1. The zero-order chi connectivity index (χ0) is 7.56. The fourth-order valence-electron chi connectivity index (χ4n) is 0.749. The monoisotopic (exact) mass is 134 g/mol. The molecule has 1 rings (SSSR count).